The van der Waals surface area contributed by atoms with Crippen LogP contribution < -0.4 is 5.32 Å². The maximum absolute atomic E-state index is 12.6. The van der Waals surface area contributed by atoms with E-state index in [1.807, 2.05) is 6.92 Å². The largest absolute Gasteiger partial charge is 0.352 e. The van der Waals surface area contributed by atoms with E-state index in [1.54, 1.807) is 0 Å². The van der Waals surface area contributed by atoms with Gasteiger partial charge in [-0.1, -0.05) is 32.6 Å². The summed E-state index contributed by atoms with van der Waals surface area (Å²) in [5.41, 5.74) is 0. The second kappa shape index (κ2) is 6.91. The van der Waals surface area contributed by atoms with Crippen LogP contribution in [0.4, 0.5) is 4.79 Å². The molecule has 0 spiro atoms. The first-order valence-electron chi connectivity index (χ1n) is 8.97. The van der Waals surface area contributed by atoms with Gasteiger partial charge in [0.05, 0.1) is 0 Å². The molecule has 5 amide bonds. The molecule has 1 aliphatic heterocycles. The number of nitrogens with one attached hydrogen (secondary N) is 1. The number of imide groups is 2. The fraction of sp³-hybridized carbons (Fsp3) is 0.765. The van der Waals surface area contributed by atoms with E-state index in [4.69, 9.17) is 0 Å². The van der Waals surface area contributed by atoms with Gasteiger partial charge in [0.2, 0.25) is 5.91 Å². The maximum atomic E-state index is 12.6. The van der Waals surface area contributed by atoms with E-state index >= 15 is 0 Å². The molecule has 3 fully saturated rings. The van der Waals surface area contributed by atoms with Crippen molar-refractivity contribution >= 4 is 23.8 Å². The van der Waals surface area contributed by atoms with Crippen molar-refractivity contribution in [2.75, 3.05) is 6.54 Å². The van der Waals surface area contributed by atoms with E-state index < -0.39 is 17.8 Å². The topological polar surface area (TPSA) is 86.8 Å². The molecule has 2 saturated carbocycles. The van der Waals surface area contributed by atoms with Crippen LogP contribution in [0.2, 0.25) is 0 Å². The molecule has 0 radical (unpaired) electrons. The monoisotopic (exact) mass is 335 g/mol. The molecule has 1 N–H and O–H groups in total. The summed E-state index contributed by atoms with van der Waals surface area (Å²) >= 11 is 0. The number of carbonyl (C=O) groups excluding carboxylic acids is 4. The highest BCUT2D eigenvalue weighted by Crippen LogP contribution is 2.31. The second-order valence-corrected chi connectivity index (χ2v) is 7.23. The van der Waals surface area contributed by atoms with Crippen LogP contribution in [-0.2, 0) is 14.4 Å². The Labute approximate surface area is 141 Å². The molecule has 1 saturated heterocycles. The fourth-order valence-electron chi connectivity index (χ4n) is 4.12. The molecule has 132 valence electrons. The van der Waals surface area contributed by atoms with Gasteiger partial charge in [-0.3, -0.25) is 19.3 Å². The lowest BCUT2D eigenvalue weighted by atomic mass is 9.85. The molecule has 3 rings (SSSR count). The molecular weight excluding hydrogens is 310 g/mol. The summed E-state index contributed by atoms with van der Waals surface area (Å²) < 4.78 is 0. The summed E-state index contributed by atoms with van der Waals surface area (Å²) in [6, 6.07) is -0.744. The number of hydrogen-bond acceptors (Lipinski definition) is 4. The minimum Gasteiger partial charge on any atom is -0.352 e. The number of hydrogen-bond donors (Lipinski definition) is 1. The van der Waals surface area contributed by atoms with Gasteiger partial charge in [0.1, 0.15) is 6.54 Å². The molecule has 0 unspecified atom stereocenters. The first-order valence-corrected chi connectivity index (χ1v) is 8.97. The van der Waals surface area contributed by atoms with Gasteiger partial charge in [-0.2, -0.15) is 0 Å². The highest BCUT2D eigenvalue weighted by atomic mass is 16.2. The van der Waals surface area contributed by atoms with Crippen molar-refractivity contribution in [1.82, 2.24) is 15.1 Å². The van der Waals surface area contributed by atoms with Gasteiger partial charge < -0.3 is 5.32 Å². The van der Waals surface area contributed by atoms with E-state index in [1.165, 1.54) is 0 Å². The highest BCUT2D eigenvalue weighted by molar-refractivity contribution is 6.45. The molecule has 0 aromatic carbocycles. The lowest BCUT2D eigenvalue weighted by molar-refractivity contribution is -0.145. The van der Waals surface area contributed by atoms with Crippen LogP contribution in [-0.4, -0.2) is 52.2 Å². The fourth-order valence-corrected chi connectivity index (χ4v) is 4.12. The molecule has 0 bridgehead atoms. The van der Waals surface area contributed by atoms with Crippen molar-refractivity contribution in [2.45, 2.75) is 70.4 Å². The standard InChI is InChI=1S/C17H25N3O4/c1-11-6-2-5-9-13(11)20-16(23)15(22)19(17(20)24)10-14(21)18-12-7-3-4-8-12/h11-13H,2-10H2,1H3,(H,18,21)/t11-,13-/m1/s1. The van der Waals surface area contributed by atoms with Gasteiger partial charge in [0.25, 0.3) is 0 Å². The summed E-state index contributed by atoms with van der Waals surface area (Å²) in [5, 5.41) is 2.85. The summed E-state index contributed by atoms with van der Waals surface area (Å²) in [6.07, 6.45) is 7.72. The Bertz CT molecular complexity index is 556. The third-order valence-corrected chi connectivity index (χ3v) is 5.50. The van der Waals surface area contributed by atoms with Gasteiger partial charge in [-0.25, -0.2) is 9.69 Å². The van der Waals surface area contributed by atoms with Crippen molar-refractivity contribution in [3.8, 4) is 0 Å². The average Bonchev–Trinajstić information content (AvgIpc) is 3.12. The Morgan fingerprint density at radius 1 is 1.00 bits per heavy atom. The van der Waals surface area contributed by atoms with E-state index in [-0.39, 0.29) is 30.5 Å². The molecule has 2 atom stereocenters. The van der Waals surface area contributed by atoms with Crippen LogP contribution in [0.25, 0.3) is 0 Å². The molecule has 0 aromatic rings. The first kappa shape index (κ1) is 16.9. The number of nitrogens with zero attached hydrogens (tertiary/aromatic N) is 2. The predicted molar refractivity (Wildman–Crippen MR) is 85.8 cm³/mol. The van der Waals surface area contributed by atoms with Crippen LogP contribution >= 0.6 is 0 Å². The normalized spacial score (nSPS) is 28.8. The molecule has 2 aliphatic carbocycles. The van der Waals surface area contributed by atoms with Gasteiger partial charge in [-0.05, 0) is 31.6 Å². The van der Waals surface area contributed by atoms with Gasteiger partial charge >= 0.3 is 17.8 Å². The summed E-state index contributed by atoms with van der Waals surface area (Å²) in [5.74, 6) is -1.84. The van der Waals surface area contributed by atoms with E-state index in [9.17, 15) is 19.2 Å². The zero-order valence-corrected chi connectivity index (χ0v) is 14.1. The summed E-state index contributed by atoms with van der Waals surface area (Å²) in [4.78, 5) is 51.0. The Morgan fingerprint density at radius 3 is 2.29 bits per heavy atom. The van der Waals surface area contributed by atoms with Crippen molar-refractivity contribution in [1.29, 1.82) is 0 Å². The number of amides is 5. The molecule has 1 heterocycles. The number of carbonyl (C=O) groups is 4. The summed E-state index contributed by atoms with van der Waals surface area (Å²) in [7, 11) is 0. The molecule has 0 aromatic heterocycles. The van der Waals surface area contributed by atoms with Crippen LogP contribution in [0.15, 0.2) is 0 Å². The third kappa shape index (κ3) is 3.16. The van der Waals surface area contributed by atoms with Crippen LogP contribution in [0, 0.1) is 5.92 Å². The summed E-state index contributed by atoms with van der Waals surface area (Å²) in [6.45, 7) is 1.64. The minimum absolute atomic E-state index is 0.121. The Morgan fingerprint density at radius 2 is 1.62 bits per heavy atom. The number of rotatable bonds is 4. The Hall–Kier alpha value is -1.92. The van der Waals surface area contributed by atoms with Crippen molar-refractivity contribution in [3.05, 3.63) is 0 Å². The Balaban J connectivity index is 1.66. The SMILES string of the molecule is C[C@@H]1CCCC[C@H]1N1C(=O)C(=O)N(CC(=O)NC2CCCC2)C1=O. The molecule has 7 heteroatoms. The third-order valence-electron chi connectivity index (χ3n) is 5.50. The second-order valence-electron chi connectivity index (χ2n) is 7.23. The zero-order valence-electron chi connectivity index (χ0n) is 14.1. The van der Waals surface area contributed by atoms with Crippen molar-refractivity contribution in [3.63, 3.8) is 0 Å². The Kier molecular flexibility index (Phi) is 4.87. The molecule has 7 nitrogen and oxygen atoms in total. The van der Waals surface area contributed by atoms with E-state index in [0.29, 0.717) is 0 Å². The van der Waals surface area contributed by atoms with Gasteiger partial charge in [-0.15, -0.1) is 0 Å². The first-order chi connectivity index (χ1) is 11.5. The molecule has 24 heavy (non-hydrogen) atoms. The predicted octanol–water partition coefficient (Wildman–Crippen LogP) is 1.41. The quantitative estimate of drug-likeness (QED) is 0.622. The van der Waals surface area contributed by atoms with Crippen LogP contribution in [0.5, 0.6) is 0 Å². The van der Waals surface area contributed by atoms with Gasteiger partial charge in [0, 0.05) is 12.1 Å². The maximum Gasteiger partial charge on any atom is 0.334 e. The highest BCUT2D eigenvalue weighted by Gasteiger charge is 2.49. The van der Waals surface area contributed by atoms with Crippen LogP contribution in [0.3, 0.4) is 0 Å². The molecular formula is C17H25N3O4. The zero-order chi connectivity index (χ0) is 17.3. The minimum atomic E-state index is -0.876. The number of urea groups is 1. The van der Waals surface area contributed by atoms with Crippen molar-refractivity contribution < 1.29 is 19.2 Å². The lowest BCUT2D eigenvalue weighted by Gasteiger charge is -2.34. The van der Waals surface area contributed by atoms with Crippen molar-refractivity contribution in [2.24, 2.45) is 5.92 Å². The molecule has 3 aliphatic rings. The van der Waals surface area contributed by atoms with E-state index in [0.717, 1.165) is 61.2 Å². The van der Waals surface area contributed by atoms with Crippen LogP contribution in [0.1, 0.15) is 58.3 Å². The average molecular weight is 335 g/mol. The van der Waals surface area contributed by atoms with Gasteiger partial charge in [0.15, 0.2) is 0 Å². The smallest absolute Gasteiger partial charge is 0.334 e. The lowest BCUT2D eigenvalue weighted by Crippen LogP contribution is -2.47. The van der Waals surface area contributed by atoms with E-state index in [2.05, 4.69) is 5.32 Å².